The molecule has 1 heterocycles. The van der Waals surface area contributed by atoms with Crippen molar-refractivity contribution in [2.24, 2.45) is 5.73 Å². The van der Waals surface area contributed by atoms with Crippen LogP contribution in [0.15, 0.2) is 24.3 Å². The maximum Gasteiger partial charge on any atom is 0.388 e. The number of nitrogens with two attached hydrogens (primary N) is 1. The summed E-state index contributed by atoms with van der Waals surface area (Å²) >= 11 is 1.89. The van der Waals surface area contributed by atoms with Crippen molar-refractivity contribution in [2.45, 2.75) is 76.3 Å². The van der Waals surface area contributed by atoms with Gasteiger partial charge in [0.1, 0.15) is 5.82 Å². The largest absolute Gasteiger partial charge is 0.388 e. The predicted molar refractivity (Wildman–Crippen MR) is 119 cm³/mol. The second-order valence-electron chi connectivity index (χ2n) is 7.68. The molecule has 1 aromatic rings. The fraction of sp³-hybridized carbons (Fsp3) is 0.727. The van der Waals surface area contributed by atoms with Crippen LogP contribution in [0.1, 0.15) is 57.9 Å². The average molecular weight is 452 g/mol. The van der Waals surface area contributed by atoms with Crippen LogP contribution in [0, 0.1) is 5.82 Å². The van der Waals surface area contributed by atoms with E-state index in [2.05, 4.69) is 16.5 Å². The summed E-state index contributed by atoms with van der Waals surface area (Å²) in [7, 11) is 0. The van der Waals surface area contributed by atoms with Gasteiger partial charge in [-0.05, 0) is 69.8 Å². The van der Waals surface area contributed by atoms with Gasteiger partial charge in [0, 0.05) is 24.3 Å². The molecule has 174 valence electrons. The summed E-state index contributed by atoms with van der Waals surface area (Å²) in [5.74, 6) is -0.135. The summed E-state index contributed by atoms with van der Waals surface area (Å²) in [6.45, 7) is 7.77. The molecule has 2 fully saturated rings. The maximum absolute atomic E-state index is 13.4. The van der Waals surface area contributed by atoms with Gasteiger partial charge in [0.25, 0.3) is 0 Å². The van der Waals surface area contributed by atoms with Gasteiger partial charge in [-0.1, -0.05) is 44.0 Å². The summed E-state index contributed by atoms with van der Waals surface area (Å²) in [5, 5.41) is 0.958. The summed E-state index contributed by atoms with van der Waals surface area (Å²) in [6, 6.07) is 6.97. The molecule has 1 unspecified atom stereocenters. The first-order valence-electron chi connectivity index (χ1n) is 10.9. The molecule has 0 radical (unpaired) electrons. The van der Waals surface area contributed by atoms with Crippen molar-refractivity contribution in [2.75, 3.05) is 26.2 Å². The van der Waals surface area contributed by atoms with Gasteiger partial charge >= 0.3 is 6.18 Å². The van der Waals surface area contributed by atoms with Crippen LogP contribution < -0.4 is 10.5 Å². The molecule has 1 aromatic carbocycles. The van der Waals surface area contributed by atoms with E-state index in [-0.39, 0.29) is 11.9 Å². The van der Waals surface area contributed by atoms with Crippen LogP contribution in [0.25, 0.3) is 0 Å². The number of nitrogens with zero attached hydrogens (tertiary/aromatic N) is 1. The zero-order chi connectivity index (χ0) is 22.4. The number of halogens is 4. The third-order valence-corrected chi connectivity index (χ3v) is 6.03. The third kappa shape index (κ3) is 14.2. The topological polar surface area (TPSA) is 41.3 Å². The molecule has 30 heavy (non-hydrogen) atoms. The summed E-state index contributed by atoms with van der Waals surface area (Å²) in [4.78, 5) is 2.45. The van der Waals surface area contributed by atoms with E-state index < -0.39 is 12.6 Å². The van der Waals surface area contributed by atoms with Gasteiger partial charge in [0.05, 0.1) is 0 Å². The highest BCUT2D eigenvalue weighted by Gasteiger charge is 2.22. The predicted octanol–water partition coefficient (Wildman–Crippen LogP) is 5.55. The molecule has 0 bridgehead atoms. The molecule has 0 spiro atoms. The van der Waals surface area contributed by atoms with Crippen LogP contribution in [-0.4, -0.2) is 48.5 Å². The van der Waals surface area contributed by atoms with Crippen molar-refractivity contribution in [3.63, 3.8) is 0 Å². The summed E-state index contributed by atoms with van der Waals surface area (Å²) in [6.07, 6.45) is 2.38. The molecule has 2 aliphatic rings. The van der Waals surface area contributed by atoms with Crippen LogP contribution in [0.5, 0.6) is 0 Å². The minimum Gasteiger partial charge on any atom is -0.327 e. The highest BCUT2D eigenvalue weighted by Crippen LogP contribution is 2.31. The molecular weight excluding hydrogens is 414 g/mol. The molecule has 8 heteroatoms. The fourth-order valence-electron chi connectivity index (χ4n) is 2.79. The smallest absolute Gasteiger partial charge is 0.327 e. The average Bonchev–Trinajstić information content (AvgIpc) is 3.39. The molecule has 1 aliphatic carbocycles. The number of nitrogens with one attached hydrogen (secondary N) is 1. The van der Waals surface area contributed by atoms with E-state index in [0.29, 0.717) is 6.42 Å². The minimum absolute atomic E-state index is 0.0625. The first-order chi connectivity index (χ1) is 14.2. The molecule has 0 aromatic heterocycles. The van der Waals surface area contributed by atoms with Crippen LogP contribution >= 0.6 is 11.9 Å². The highest BCUT2D eigenvalue weighted by atomic mass is 32.2. The Balaban J connectivity index is 0.000000285. The maximum atomic E-state index is 13.4. The van der Waals surface area contributed by atoms with Gasteiger partial charge < -0.3 is 10.6 Å². The van der Waals surface area contributed by atoms with Gasteiger partial charge in [-0.15, -0.1) is 0 Å². The van der Waals surface area contributed by atoms with Gasteiger partial charge in [-0.25, -0.2) is 4.39 Å². The third-order valence-electron chi connectivity index (χ3n) is 4.77. The second-order valence-corrected chi connectivity index (χ2v) is 8.87. The number of hydrogen-bond acceptors (Lipinski definition) is 4. The Bertz CT molecular complexity index is 562. The Morgan fingerprint density at radius 3 is 2.27 bits per heavy atom. The fourth-order valence-corrected chi connectivity index (χ4v) is 3.56. The zero-order valence-electron chi connectivity index (χ0n) is 18.2. The van der Waals surface area contributed by atoms with E-state index in [1.165, 1.54) is 44.8 Å². The standard InChI is InChI=1S/C14H21FN2.C5H11NS.C3H5F3/c15-14-6-2-1-5-12(14)11-13(16)7-10-17-8-3-4-9-17;1-2-6-7-5-3-4-5;1-2-3(4,5)6/h1-2,5-6,13H,3-4,7-11,16H2;5-6H,2-4H2,1H3;2H2,1H3. The lowest BCUT2D eigenvalue weighted by Crippen LogP contribution is -2.30. The van der Waals surface area contributed by atoms with Crippen LogP contribution in [0.4, 0.5) is 17.6 Å². The van der Waals surface area contributed by atoms with E-state index in [0.717, 1.165) is 37.2 Å². The van der Waals surface area contributed by atoms with E-state index in [1.807, 2.05) is 24.1 Å². The normalized spacial score (nSPS) is 17.6. The number of hydrogen-bond donors (Lipinski definition) is 2. The van der Waals surface area contributed by atoms with Gasteiger partial charge in [0.2, 0.25) is 0 Å². The van der Waals surface area contributed by atoms with E-state index in [9.17, 15) is 17.6 Å². The first-order valence-corrected chi connectivity index (χ1v) is 11.8. The number of likely N-dealkylation sites (tertiary alicyclic amines) is 1. The molecule has 1 aliphatic heterocycles. The molecule has 3 nitrogen and oxygen atoms in total. The van der Waals surface area contributed by atoms with Crippen molar-refractivity contribution in [3.05, 3.63) is 35.6 Å². The zero-order valence-corrected chi connectivity index (χ0v) is 19.0. The Hall–Kier alpha value is -0.830. The monoisotopic (exact) mass is 451 g/mol. The molecule has 1 saturated carbocycles. The Labute approximate surface area is 183 Å². The first kappa shape index (κ1) is 27.2. The Kier molecular flexibility index (Phi) is 13.6. The van der Waals surface area contributed by atoms with Crippen molar-refractivity contribution in [1.29, 1.82) is 0 Å². The van der Waals surface area contributed by atoms with E-state index >= 15 is 0 Å². The molecular formula is C22H37F4N3S. The van der Waals surface area contributed by atoms with Gasteiger partial charge in [-0.3, -0.25) is 4.72 Å². The summed E-state index contributed by atoms with van der Waals surface area (Å²) < 4.78 is 49.0. The molecule has 1 saturated heterocycles. The van der Waals surface area contributed by atoms with Crippen LogP contribution in [0.3, 0.4) is 0 Å². The van der Waals surface area contributed by atoms with Crippen LogP contribution in [-0.2, 0) is 6.42 Å². The van der Waals surface area contributed by atoms with Crippen molar-refractivity contribution >= 4 is 11.9 Å². The highest BCUT2D eigenvalue weighted by molar-refractivity contribution is 7.98. The lowest BCUT2D eigenvalue weighted by atomic mass is 10.0. The molecule has 0 amide bonds. The number of rotatable bonds is 8. The SMILES string of the molecule is CCC(F)(F)F.CCNSC1CC1.NC(CCN1CCCC1)Cc1ccccc1F. The quantitative estimate of drug-likeness (QED) is 0.402. The van der Waals surface area contributed by atoms with E-state index in [4.69, 9.17) is 5.73 Å². The Morgan fingerprint density at radius 1 is 1.17 bits per heavy atom. The number of alkyl halides is 3. The minimum atomic E-state index is -3.96. The molecule has 1 atom stereocenters. The van der Waals surface area contributed by atoms with Gasteiger partial charge in [0.15, 0.2) is 0 Å². The van der Waals surface area contributed by atoms with Gasteiger partial charge in [-0.2, -0.15) is 13.2 Å². The van der Waals surface area contributed by atoms with Crippen LogP contribution in [0.2, 0.25) is 0 Å². The Morgan fingerprint density at radius 2 is 1.77 bits per heavy atom. The lowest BCUT2D eigenvalue weighted by molar-refractivity contribution is -0.130. The van der Waals surface area contributed by atoms with Crippen molar-refractivity contribution in [3.8, 4) is 0 Å². The van der Waals surface area contributed by atoms with E-state index in [1.54, 1.807) is 6.07 Å². The second kappa shape index (κ2) is 15.1. The number of benzene rings is 1. The molecule has 3 rings (SSSR count). The lowest BCUT2D eigenvalue weighted by Gasteiger charge is -2.18. The van der Waals surface area contributed by atoms with Crippen molar-refractivity contribution < 1.29 is 17.6 Å². The summed E-state index contributed by atoms with van der Waals surface area (Å²) in [5.41, 5.74) is 6.80. The van der Waals surface area contributed by atoms with Crippen molar-refractivity contribution in [1.82, 2.24) is 9.62 Å². The molecule has 3 N–H and O–H groups in total.